The standard InChI is InChI=1S/C24H25BrN2O2/c1-18-7-10-22(11-8-18)27-24(28)17-29-23-12-9-21(25)15-20(23)16-26-14-13-19-5-3-2-4-6-19/h2-12,15,26H,13-14,16-17H2,1H3,(H,27,28). The van der Waals surface area contributed by atoms with Crippen molar-refractivity contribution < 1.29 is 9.53 Å². The molecule has 2 N–H and O–H groups in total. The lowest BCUT2D eigenvalue weighted by molar-refractivity contribution is -0.118. The Hall–Kier alpha value is -2.63. The minimum Gasteiger partial charge on any atom is -0.483 e. The van der Waals surface area contributed by atoms with Crippen molar-refractivity contribution in [3.05, 3.63) is 94.0 Å². The van der Waals surface area contributed by atoms with Gasteiger partial charge in [0.25, 0.3) is 5.91 Å². The highest BCUT2D eigenvalue weighted by Gasteiger charge is 2.08. The largest absolute Gasteiger partial charge is 0.483 e. The molecular weight excluding hydrogens is 428 g/mol. The third kappa shape index (κ3) is 7.04. The van der Waals surface area contributed by atoms with Crippen LogP contribution in [-0.4, -0.2) is 19.1 Å². The number of benzene rings is 3. The van der Waals surface area contributed by atoms with Crippen molar-refractivity contribution in [3.63, 3.8) is 0 Å². The fourth-order valence-electron chi connectivity index (χ4n) is 2.90. The van der Waals surface area contributed by atoms with Crippen molar-refractivity contribution in [2.45, 2.75) is 19.9 Å². The highest BCUT2D eigenvalue weighted by Crippen LogP contribution is 2.23. The predicted molar refractivity (Wildman–Crippen MR) is 121 cm³/mol. The van der Waals surface area contributed by atoms with Crippen LogP contribution in [0.2, 0.25) is 0 Å². The summed E-state index contributed by atoms with van der Waals surface area (Å²) in [5.41, 5.74) is 4.23. The molecular formula is C24H25BrN2O2. The van der Waals surface area contributed by atoms with Gasteiger partial charge in [0.2, 0.25) is 0 Å². The summed E-state index contributed by atoms with van der Waals surface area (Å²) in [5, 5.41) is 6.30. The zero-order valence-electron chi connectivity index (χ0n) is 16.5. The molecule has 0 aromatic heterocycles. The van der Waals surface area contributed by atoms with Gasteiger partial charge in [-0.15, -0.1) is 0 Å². The molecule has 3 rings (SSSR count). The van der Waals surface area contributed by atoms with Gasteiger partial charge in [0, 0.05) is 22.3 Å². The van der Waals surface area contributed by atoms with Crippen molar-refractivity contribution in [3.8, 4) is 5.75 Å². The van der Waals surface area contributed by atoms with E-state index in [-0.39, 0.29) is 12.5 Å². The Labute approximate surface area is 180 Å². The van der Waals surface area contributed by atoms with E-state index in [1.54, 1.807) is 0 Å². The van der Waals surface area contributed by atoms with Crippen molar-refractivity contribution in [2.75, 3.05) is 18.5 Å². The van der Waals surface area contributed by atoms with Gasteiger partial charge < -0.3 is 15.4 Å². The Kier molecular flexibility index (Phi) is 7.85. The van der Waals surface area contributed by atoms with Crippen LogP contribution in [0.1, 0.15) is 16.7 Å². The number of hydrogen-bond acceptors (Lipinski definition) is 3. The monoisotopic (exact) mass is 452 g/mol. The zero-order chi connectivity index (χ0) is 20.5. The summed E-state index contributed by atoms with van der Waals surface area (Å²) in [6, 6.07) is 23.9. The minimum atomic E-state index is -0.181. The Bertz CT molecular complexity index is 927. The molecule has 0 saturated heterocycles. The average Bonchev–Trinajstić information content (AvgIpc) is 2.73. The summed E-state index contributed by atoms with van der Waals surface area (Å²) >= 11 is 3.51. The van der Waals surface area contributed by atoms with Gasteiger partial charge in [-0.2, -0.15) is 0 Å². The predicted octanol–water partition coefficient (Wildman–Crippen LogP) is 5.11. The molecule has 0 radical (unpaired) electrons. The lowest BCUT2D eigenvalue weighted by atomic mass is 10.1. The van der Waals surface area contributed by atoms with Crippen LogP contribution in [0.4, 0.5) is 5.69 Å². The topological polar surface area (TPSA) is 50.4 Å². The smallest absolute Gasteiger partial charge is 0.262 e. The first-order valence-electron chi connectivity index (χ1n) is 9.62. The van der Waals surface area contributed by atoms with Crippen LogP contribution in [0.5, 0.6) is 5.75 Å². The van der Waals surface area contributed by atoms with Crippen LogP contribution in [0.15, 0.2) is 77.3 Å². The second-order valence-corrected chi connectivity index (χ2v) is 7.78. The van der Waals surface area contributed by atoms with Gasteiger partial charge in [-0.1, -0.05) is 64.0 Å². The third-order valence-corrected chi connectivity index (χ3v) is 4.96. The van der Waals surface area contributed by atoms with Crippen molar-refractivity contribution in [1.82, 2.24) is 5.32 Å². The van der Waals surface area contributed by atoms with Gasteiger partial charge in [-0.25, -0.2) is 0 Å². The van der Waals surface area contributed by atoms with Crippen LogP contribution in [-0.2, 0) is 17.8 Å². The normalized spacial score (nSPS) is 10.6. The van der Waals surface area contributed by atoms with E-state index < -0.39 is 0 Å². The number of nitrogens with one attached hydrogen (secondary N) is 2. The number of ether oxygens (including phenoxy) is 1. The quantitative estimate of drug-likeness (QED) is 0.443. The number of rotatable bonds is 9. The molecule has 4 nitrogen and oxygen atoms in total. The minimum absolute atomic E-state index is 0.0352. The highest BCUT2D eigenvalue weighted by molar-refractivity contribution is 9.10. The van der Waals surface area contributed by atoms with E-state index in [1.807, 2.05) is 55.5 Å². The molecule has 150 valence electrons. The molecule has 0 bridgehead atoms. The molecule has 0 spiro atoms. The molecule has 29 heavy (non-hydrogen) atoms. The fourth-order valence-corrected chi connectivity index (χ4v) is 3.31. The second-order valence-electron chi connectivity index (χ2n) is 6.87. The maximum Gasteiger partial charge on any atom is 0.262 e. The van der Waals surface area contributed by atoms with E-state index >= 15 is 0 Å². The molecule has 1 amide bonds. The summed E-state index contributed by atoms with van der Waals surface area (Å²) in [6.07, 6.45) is 0.962. The maximum absolute atomic E-state index is 12.2. The van der Waals surface area contributed by atoms with Crippen LogP contribution in [0.3, 0.4) is 0 Å². The van der Waals surface area contributed by atoms with Crippen molar-refractivity contribution >= 4 is 27.5 Å². The Morgan fingerprint density at radius 2 is 1.76 bits per heavy atom. The molecule has 5 heteroatoms. The van der Waals surface area contributed by atoms with E-state index in [0.717, 1.165) is 34.3 Å². The number of carbonyl (C=O) groups excluding carboxylic acids is 1. The van der Waals surface area contributed by atoms with Crippen molar-refractivity contribution in [2.24, 2.45) is 0 Å². The number of halogens is 1. The molecule has 0 heterocycles. The SMILES string of the molecule is Cc1ccc(NC(=O)COc2ccc(Br)cc2CNCCc2ccccc2)cc1. The zero-order valence-corrected chi connectivity index (χ0v) is 18.0. The van der Waals surface area contributed by atoms with Gasteiger partial charge in [0.05, 0.1) is 0 Å². The molecule has 3 aromatic carbocycles. The van der Waals surface area contributed by atoms with E-state index in [4.69, 9.17) is 4.74 Å². The van der Waals surface area contributed by atoms with Crippen LogP contribution in [0, 0.1) is 6.92 Å². The van der Waals surface area contributed by atoms with Crippen LogP contribution < -0.4 is 15.4 Å². The Morgan fingerprint density at radius 3 is 2.52 bits per heavy atom. The van der Waals surface area contributed by atoms with Gasteiger partial charge in [-0.3, -0.25) is 4.79 Å². The summed E-state index contributed by atoms with van der Waals surface area (Å²) in [5.74, 6) is 0.527. The molecule has 0 atom stereocenters. The Balaban J connectivity index is 1.51. The number of anilines is 1. The molecule has 0 aliphatic carbocycles. The lowest BCUT2D eigenvalue weighted by Gasteiger charge is -2.13. The number of amides is 1. The van der Waals surface area contributed by atoms with E-state index in [0.29, 0.717) is 12.3 Å². The first kappa shape index (κ1) is 21.1. The second kappa shape index (κ2) is 10.8. The molecule has 0 aliphatic heterocycles. The summed E-state index contributed by atoms with van der Waals surface area (Å²) < 4.78 is 6.77. The molecule has 3 aromatic rings. The maximum atomic E-state index is 12.2. The number of carbonyl (C=O) groups is 1. The third-order valence-electron chi connectivity index (χ3n) is 4.47. The van der Waals surface area contributed by atoms with Crippen LogP contribution in [0.25, 0.3) is 0 Å². The summed E-state index contributed by atoms with van der Waals surface area (Å²) in [4.78, 5) is 12.2. The average molecular weight is 453 g/mol. The number of hydrogen-bond donors (Lipinski definition) is 2. The lowest BCUT2D eigenvalue weighted by Crippen LogP contribution is -2.21. The molecule has 0 aliphatic rings. The summed E-state index contributed by atoms with van der Waals surface area (Å²) in [6.45, 7) is 3.51. The van der Waals surface area contributed by atoms with Crippen LogP contribution >= 0.6 is 15.9 Å². The van der Waals surface area contributed by atoms with Gasteiger partial charge in [0.1, 0.15) is 5.75 Å². The first-order valence-corrected chi connectivity index (χ1v) is 10.4. The molecule has 0 saturated carbocycles. The molecule has 0 fully saturated rings. The van der Waals surface area contributed by atoms with E-state index in [1.165, 1.54) is 5.56 Å². The fraction of sp³-hybridized carbons (Fsp3) is 0.208. The highest BCUT2D eigenvalue weighted by atomic mass is 79.9. The Morgan fingerprint density at radius 1 is 1.00 bits per heavy atom. The van der Waals surface area contributed by atoms with E-state index in [9.17, 15) is 4.79 Å². The number of aryl methyl sites for hydroxylation is 1. The van der Waals surface area contributed by atoms with Gasteiger partial charge in [-0.05, 0) is 55.8 Å². The first-order chi connectivity index (χ1) is 14.1. The van der Waals surface area contributed by atoms with Gasteiger partial charge in [0.15, 0.2) is 6.61 Å². The summed E-state index contributed by atoms with van der Waals surface area (Å²) in [7, 11) is 0. The van der Waals surface area contributed by atoms with E-state index in [2.05, 4.69) is 50.8 Å². The van der Waals surface area contributed by atoms with Crippen molar-refractivity contribution in [1.29, 1.82) is 0 Å². The van der Waals surface area contributed by atoms with Gasteiger partial charge >= 0.3 is 0 Å². The molecule has 0 unspecified atom stereocenters.